The highest BCUT2D eigenvalue weighted by atomic mass is 19.2. The zero-order chi connectivity index (χ0) is 15.0. The molecule has 0 spiro atoms. The van der Waals surface area contributed by atoms with Gasteiger partial charge in [-0.2, -0.15) is 0 Å². The van der Waals surface area contributed by atoms with Crippen molar-refractivity contribution in [3.63, 3.8) is 0 Å². The van der Waals surface area contributed by atoms with Crippen LogP contribution in [-0.2, 0) is 6.54 Å². The molecule has 3 aromatic rings. The summed E-state index contributed by atoms with van der Waals surface area (Å²) in [5, 5.41) is 0. The Morgan fingerprint density at radius 1 is 1.05 bits per heavy atom. The Labute approximate surface area is 118 Å². The summed E-state index contributed by atoms with van der Waals surface area (Å²) in [6.45, 7) is 0.667. The highest BCUT2D eigenvalue weighted by molar-refractivity contribution is 5.80. The zero-order valence-corrected chi connectivity index (χ0v) is 11.0. The Hall–Kier alpha value is -2.34. The van der Waals surface area contributed by atoms with E-state index in [0.717, 1.165) is 12.1 Å². The minimum atomic E-state index is -0.967. The number of halogens is 3. The number of aromatic nitrogens is 2. The predicted molar refractivity (Wildman–Crippen MR) is 74.1 cm³/mol. The molecule has 0 saturated carbocycles. The lowest BCUT2D eigenvalue weighted by atomic mass is 10.2. The lowest BCUT2D eigenvalue weighted by molar-refractivity contribution is 0.510. The van der Waals surface area contributed by atoms with E-state index in [2.05, 4.69) is 4.98 Å². The van der Waals surface area contributed by atoms with Crippen LogP contribution in [0.5, 0.6) is 0 Å². The van der Waals surface area contributed by atoms with Crippen LogP contribution in [0.1, 0.15) is 0 Å². The average Bonchev–Trinajstić information content (AvgIpc) is 2.78. The van der Waals surface area contributed by atoms with Crippen LogP contribution in [0.15, 0.2) is 36.4 Å². The number of hydrogen-bond acceptors (Lipinski definition) is 2. The second-order valence-electron chi connectivity index (χ2n) is 4.64. The molecule has 6 heteroatoms. The largest absolute Gasteiger partial charge is 0.329 e. The molecule has 0 fully saturated rings. The molecule has 3 rings (SSSR count). The van der Waals surface area contributed by atoms with E-state index in [4.69, 9.17) is 5.73 Å². The zero-order valence-electron chi connectivity index (χ0n) is 11.0. The molecule has 0 aliphatic rings. The molecule has 2 aromatic carbocycles. The minimum absolute atomic E-state index is 0.298. The Kier molecular flexibility index (Phi) is 3.39. The number of nitrogens with zero attached hydrogens (tertiary/aromatic N) is 2. The summed E-state index contributed by atoms with van der Waals surface area (Å²) in [6.07, 6.45) is 0. The van der Waals surface area contributed by atoms with Gasteiger partial charge in [-0.1, -0.05) is 12.1 Å². The van der Waals surface area contributed by atoms with Crippen LogP contribution in [0.2, 0.25) is 0 Å². The fraction of sp³-hybridized carbons (Fsp3) is 0.133. The second-order valence-corrected chi connectivity index (χ2v) is 4.64. The van der Waals surface area contributed by atoms with Gasteiger partial charge in [0, 0.05) is 30.8 Å². The lowest BCUT2D eigenvalue weighted by Crippen LogP contribution is -2.11. The smallest absolute Gasteiger partial charge is 0.161 e. The Bertz CT molecular complexity index is 811. The average molecular weight is 291 g/mol. The third-order valence-electron chi connectivity index (χ3n) is 3.23. The van der Waals surface area contributed by atoms with Gasteiger partial charge in [-0.05, 0) is 12.1 Å². The molecule has 0 amide bonds. The van der Waals surface area contributed by atoms with Crippen molar-refractivity contribution in [2.24, 2.45) is 5.73 Å². The molecule has 21 heavy (non-hydrogen) atoms. The van der Waals surface area contributed by atoms with Crippen molar-refractivity contribution in [2.75, 3.05) is 6.54 Å². The first-order valence-corrected chi connectivity index (χ1v) is 6.41. The molecule has 2 N–H and O–H groups in total. The molecule has 1 heterocycles. The van der Waals surface area contributed by atoms with Crippen LogP contribution < -0.4 is 5.73 Å². The van der Waals surface area contributed by atoms with Gasteiger partial charge in [-0.3, -0.25) is 0 Å². The van der Waals surface area contributed by atoms with E-state index in [-0.39, 0.29) is 0 Å². The fourth-order valence-corrected chi connectivity index (χ4v) is 2.32. The van der Waals surface area contributed by atoms with Crippen molar-refractivity contribution in [2.45, 2.75) is 6.54 Å². The molecule has 0 aliphatic carbocycles. The summed E-state index contributed by atoms with van der Waals surface area (Å²) in [7, 11) is 0. The van der Waals surface area contributed by atoms with Gasteiger partial charge in [0.1, 0.15) is 11.6 Å². The molecule has 1 aromatic heterocycles. The third-order valence-corrected chi connectivity index (χ3v) is 3.23. The summed E-state index contributed by atoms with van der Waals surface area (Å²) < 4.78 is 41.8. The van der Waals surface area contributed by atoms with Gasteiger partial charge in [0.2, 0.25) is 0 Å². The molecule has 3 nitrogen and oxygen atoms in total. The van der Waals surface area contributed by atoms with Crippen molar-refractivity contribution < 1.29 is 13.2 Å². The summed E-state index contributed by atoms with van der Waals surface area (Å²) in [4.78, 5) is 4.28. The van der Waals surface area contributed by atoms with Crippen molar-refractivity contribution in [3.05, 3.63) is 53.8 Å². The summed E-state index contributed by atoms with van der Waals surface area (Å²) in [5.41, 5.74) is 6.83. The van der Waals surface area contributed by atoms with Gasteiger partial charge in [-0.25, -0.2) is 18.2 Å². The number of hydrogen-bond donors (Lipinski definition) is 1. The van der Waals surface area contributed by atoms with Crippen LogP contribution in [0.3, 0.4) is 0 Å². The molecule has 0 saturated heterocycles. The SMILES string of the molecule is NCCn1c(-c2cccc(F)c2)nc2cc(F)c(F)cc21. The van der Waals surface area contributed by atoms with E-state index in [9.17, 15) is 13.2 Å². The van der Waals surface area contributed by atoms with Gasteiger partial charge in [-0.15, -0.1) is 0 Å². The Morgan fingerprint density at radius 3 is 2.52 bits per heavy atom. The Balaban J connectivity index is 2.28. The predicted octanol–water partition coefficient (Wildman–Crippen LogP) is 3.08. The number of imidazole rings is 1. The highest BCUT2D eigenvalue weighted by Gasteiger charge is 2.15. The van der Waals surface area contributed by atoms with Crippen molar-refractivity contribution in [1.82, 2.24) is 9.55 Å². The van der Waals surface area contributed by atoms with Crippen LogP contribution in [0, 0.1) is 17.5 Å². The first kappa shape index (κ1) is 13.6. The molecule has 0 radical (unpaired) electrons. The fourth-order valence-electron chi connectivity index (χ4n) is 2.32. The van der Waals surface area contributed by atoms with E-state index < -0.39 is 17.5 Å². The maximum Gasteiger partial charge on any atom is 0.161 e. The first-order valence-electron chi connectivity index (χ1n) is 6.41. The van der Waals surface area contributed by atoms with Crippen LogP contribution in [0.25, 0.3) is 22.4 Å². The molecule has 0 bridgehead atoms. The van der Waals surface area contributed by atoms with Crippen LogP contribution in [0.4, 0.5) is 13.2 Å². The molecule has 108 valence electrons. The summed E-state index contributed by atoms with van der Waals surface area (Å²) in [6, 6.07) is 7.98. The number of benzene rings is 2. The van der Waals surface area contributed by atoms with Gasteiger partial charge in [0.25, 0.3) is 0 Å². The number of fused-ring (bicyclic) bond motifs is 1. The minimum Gasteiger partial charge on any atom is -0.329 e. The summed E-state index contributed by atoms with van der Waals surface area (Å²) in [5.74, 6) is -1.90. The van der Waals surface area contributed by atoms with E-state index in [1.807, 2.05) is 0 Å². The van der Waals surface area contributed by atoms with Gasteiger partial charge in [0.05, 0.1) is 11.0 Å². The van der Waals surface area contributed by atoms with Gasteiger partial charge < -0.3 is 10.3 Å². The van der Waals surface area contributed by atoms with Crippen molar-refractivity contribution >= 4 is 11.0 Å². The molecular formula is C15H12F3N3. The van der Waals surface area contributed by atoms with E-state index in [0.29, 0.717) is 35.5 Å². The maximum absolute atomic E-state index is 13.4. The number of rotatable bonds is 3. The lowest BCUT2D eigenvalue weighted by Gasteiger charge is -2.08. The standard InChI is InChI=1S/C15H12F3N3/c16-10-3-1-2-9(6-10)15-20-13-7-11(17)12(18)8-14(13)21(15)5-4-19/h1-3,6-8H,4-5,19H2. The quantitative estimate of drug-likeness (QED) is 0.806. The normalized spacial score (nSPS) is 11.2. The van der Waals surface area contributed by atoms with Crippen LogP contribution in [-0.4, -0.2) is 16.1 Å². The van der Waals surface area contributed by atoms with E-state index in [1.54, 1.807) is 16.7 Å². The Morgan fingerprint density at radius 2 is 1.81 bits per heavy atom. The summed E-state index contributed by atoms with van der Waals surface area (Å²) >= 11 is 0. The van der Waals surface area contributed by atoms with E-state index >= 15 is 0 Å². The highest BCUT2D eigenvalue weighted by Crippen LogP contribution is 2.26. The molecule has 0 aliphatic heterocycles. The first-order chi connectivity index (χ1) is 10.1. The molecule has 0 unspecified atom stereocenters. The van der Waals surface area contributed by atoms with Crippen LogP contribution >= 0.6 is 0 Å². The maximum atomic E-state index is 13.4. The van der Waals surface area contributed by atoms with Gasteiger partial charge in [0.15, 0.2) is 11.6 Å². The van der Waals surface area contributed by atoms with Crippen molar-refractivity contribution in [1.29, 1.82) is 0 Å². The molecular weight excluding hydrogens is 279 g/mol. The molecule has 0 atom stereocenters. The third kappa shape index (κ3) is 2.38. The van der Waals surface area contributed by atoms with Crippen molar-refractivity contribution in [3.8, 4) is 11.4 Å². The van der Waals surface area contributed by atoms with Gasteiger partial charge >= 0.3 is 0 Å². The monoisotopic (exact) mass is 291 g/mol. The van der Waals surface area contributed by atoms with E-state index in [1.165, 1.54) is 12.1 Å². The number of nitrogens with two attached hydrogens (primary N) is 1. The topological polar surface area (TPSA) is 43.8 Å². The second kappa shape index (κ2) is 5.21.